The van der Waals surface area contributed by atoms with E-state index in [9.17, 15) is 0 Å². The number of hydrogen-bond acceptors (Lipinski definition) is 5. The molecule has 0 spiro atoms. The predicted molar refractivity (Wildman–Crippen MR) is 118 cm³/mol. The average molecular weight is 500 g/mol. The fourth-order valence-electron chi connectivity index (χ4n) is 3.04. The molecule has 1 heterocycles. The number of benzene rings is 2. The molecule has 0 aliphatic carbocycles. The fourth-order valence-corrected chi connectivity index (χ4v) is 3.82. The number of ether oxygens (including phenoxy) is 1. The van der Waals surface area contributed by atoms with Crippen LogP contribution in [0.2, 0.25) is 5.02 Å². The lowest BCUT2D eigenvalue weighted by atomic mass is 10.1. The van der Waals surface area contributed by atoms with Gasteiger partial charge in [-0.15, -0.1) is 0 Å². The number of piperazine rings is 1. The molecule has 0 aromatic heterocycles. The van der Waals surface area contributed by atoms with E-state index in [0.29, 0.717) is 0 Å². The Morgan fingerprint density at radius 1 is 1.00 bits per heavy atom. The van der Waals surface area contributed by atoms with E-state index in [1.807, 2.05) is 18.2 Å². The van der Waals surface area contributed by atoms with Gasteiger partial charge in [-0.1, -0.05) is 35.9 Å². The summed E-state index contributed by atoms with van der Waals surface area (Å²) in [4.78, 5) is 23.2. The number of carbonyl (C=O) groups is 2. The third-order valence-electron chi connectivity index (χ3n) is 4.62. The van der Waals surface area contributed by atoms with Gasteiger partial charge in [0.2, 0.25) is 0 Å². The summed E-state index contributed by atoms with van der Waals surface area (Å²) in [6.07, 6.45) is 0. The highest BCUT2D eigenvalue weighted by atomic mass is 79.9. The molecule has 1 saturated heterocycles. The maximum atomic E-state index is 9.10. The van der Waals surface area contributed by atoms with E-state index in [0.717, 1.165) is 54.5 Å². The van der Waals surface area contributed by atoms with Gasteiger partial charge >= 0.3 is 11.9 Å². The lowest BCUT2D eigenvalue weighted by molar-refractivity contribution is -0.159. The average Bonchev–Trinajstić information content (AvgIpc) is 2.72. The van der Waals surface area contributed by atoms with E-state index in [4.69, 9.17) is 36.1 Å². The van der Waals surface area contributed by atoms with E-state index >= 15 is 0 Å². The molecule has 0 radical (unpaired) electrons. The first-order chi connectivity index (χ1) is 14.3. The van der Waals surface area contributed by atoms with Crippen molar-refractivity contribution in [1.29, 1.82) is 0 Å². The maximum absolute atomic E-state index is 9.10. The smallest absolute Gasteiger partial charge is 0.414 e. The zero-order valence-corrected chi connectivity index (χ0v) is 18.9. The first-order valence-corrected chi connectivity index (χ1v) is 10.4. The first-order valence-electron chi connectivity index (χ1n) is 9.27. The molecule has 9 heteroatoms. The fraction of sp³-hybridized carbons (Fsp3) is 0.333. The third-order valence-corrected chi connectivity index (χ3v) is 5.61. The topological polar surface area (TPSA) is 90.3 Å². The van der Waals surface area contributed by atoms with Gasteiger partial charge in [0.1, 0.15) is 5.75 Å². The van der Waals surface area contributed by atoms with E-state index < -0.39 is 11.9 Å². The molecule has 2 aromatic rings. The Labute approximate surface area is 188 Å². The van der Waals surface area contributed by atoms with E-state index in [1.54, 1.807) is 7.11 Å². The molecule has 3 rings (SSSR count). The normalized spacial score (nSPS) is 14.5. The quantitative estimate of drug-likeness (QED) is 0.608. The molecular weight excluding hydrogens is 476 g/mol. The Bertz CT molecular complexity index is 860. The van der Waals surface area contributed by atoms with Gasteiger partial charge in [-0.25, -0.2) is 9.59 Å². The molecule has 30 heavy (non-hydrogen) atoms. The SMILES string of the molecule is COc1ccc(CN2CCN(Cc3ccccc3Cl)CC2)cc1Br.O=C(O)C(=O)O. The van der Waals surface area contributed by atoms with Crippen LogP contribution in [0.25, 0.3) is 0 Å². The first kappa shape index (κ1) is 24.1. The molecule has 1 fully saturated rings. The molecule has 0 amide bonds. The summed E-state index contributed by atoms with van der Waals surface area (Å²) >= 11 is 9.83. The zero-order valence-electron chi connectivity index (χ0n) is 16.6. The molecule has 0 atom stereocenters. The van der Waals surface area contributed by atoms with Crippen molar-refractivity contribution in [2.45, 2.75) is 13.1 Å². The molecule has 162 valence electrons. The van der Waals surface area contributed by atoms with Crippen LogP contribution in [0, 0.1) is 0 Å². The number of nitrogens with zero attached hydrogens (tertiary/aromatic N) is 2. The van der Waals surface area contributed by atoms with Crippen molar-refractivity contribution in [1.82, 2.24) is 9.80 Å². The molecule has 0 bridgehead atoms. The maximum Gasteiger partial charge on any atom is 0.414 e. The Kier molecular flexibility index (Phi) is 9.58. The summed E-state index contributed by atoms with van der Waals surface area (Å²) in [6, 6.07) is 14.4. The van der Waals surface area contributed by atoms with Crippen LogP contribution >= 0.6 is 27.5 Å². The summed E-state index contributed by atoms with van der Waals surface area (Å²) in [5.41, 5.74) is 2.52. The van der Waals surface area contributed by atoms with Gasteiger partial charge in [0, 0.05) is 44.3 Å². The lowest BCUT2D eigenvalue weighted by Gasteiger charge is -2.35. The molecule has 2 N–H and O–H groups in total. The van der Waals surface area contributed by atoms with E-state index in [2.05, 4.69) is 50.0 Å². The molecule has 7 nitrogen and oxygen atoms in total. The van der Waals surface area contributed by atoms with Crippen LogP contribution in [0.5, 0.6) is 5.75 Å². The van der Waals surface area contributed by atoms with Crippen LogP contribution in [0.4, 0.5) is 0 Å². The highest BCUT2D eigenvalue weighted by molar-refractivity contribution is 9.10. The van der Waals surface area contributed by atoms with Gasteiger partial charge in [0.05, 0.1) is 11.6 Å². The van der Waals surface area contributed by atoms with Crippen molar-refractivity contribution in [3.05, 3.63) is 63.1 Å². The minimum absolute atomic E-state index is 0.864. The number of aliphatic carboxylic acids is 2. The summed E-state index contributed by atoms with van der Waals surface area (Å²) in [7, 11) is 1.69. The number of carboxylic acids is 2. The van der Waals surface area contributed by atoms with Crippen LogP contribution < -0.4 is 4.74 Å². The van der Waals surface area contributed by atoms with Gasteiger partial charge in [-0.05, 0) is 45.3 Å². The monoisotopic (exact) mass is 498 g/mol. The molecule has 1 aliphatic rings. The summed E-state index contributed by atoms with van der Waals surface area (Å²) in [5.74, 6) is -2.77. The molecule has 2 aromatic carbocycles. The second-order valence-electron chi connectivity index (χ2n) is 6.72. The number of rotatable bonds is 5. The number of methoxy groups -OCH3 is 1. The highest BCUT2D eigenvalue weighted by Crippen LogP contribution is 2.26. The predicted octanol–water partition coefficient (Wildman–Crippen LogP) is 3.58. The minimum Gasteiger partial charge on any atom is -0.496 e. The highest BCUT2D eigenvalue weighted by Gasteiger charge is 2.18. The van der Waals surface area contributed by atoms with Gasteiger partial charge < -0.3 is 14.9 Å². The Morgan fingerprint density at radius 3 is 2.07 bits per heavy atom. The van der Waals surface area contributed by atoms with Crippen LogP contribution in [0.1, 0.15) is 11.1 Å². The summed E-state index contributed by atoms with van der Waals surface area (Å²) in [5, 5.41) is 15.6. The standard InChI is InChI=1S/C19H22BrClN2O.C2H2O4/c1-24-19-7-6-15(12-17(19)20)13-22-8-10-23(11-9-22)14-16-4-2-3-5-18(16)21;3-1(4)2(5)6/h2-7,12H,8-11,13-14H2,1H3;(H,3,4)(H,5,6). The summed E-state index contributed by atoms with van der Waals surface area (Å²) in [6.45, 7) is 6.21. The van der Waals surface area contributed by atoms with Crippen molar-refractivity contribution in [2.24, 2.45) is 0 Å². The molecule has 0 unspecified atom stereocenters. The Hall–Kier alpha value is -2.13. The van der Waals surface area contributed by atoms with Crippen molar-refractivity contribution < 1.29 is 24.5 Å². The van der Waals surface area contributed by atoms with Crippen molar-refractivity contribution in [3.63, 3.8) is 0 Å². The van der Waals surface area contributed by atoms with Gasteiger partial charge in [-0.2, -0.15) is 0 Å². The van der Waals surface area contributed by atoms with Crippen LogP contribution in [0.15, 0.2) is 46.9 Å². The van der Waals surface area contributed by atoms with E-state index in [1.165, 1.54) is 11.1 Å². The van der Waals surface area contributed by atoms with Crippen LogP contribution in [-0.4, -0.2) is 65.2 Å². The van der Waals surface area contributed by atoms with Gasteiger partial charge in [0.15, 0.2) is 0 Å². The van der Waals surface area contributed by atoms with Crippen molar-refractivity contribution in [2.75, 3.05) is 33.3 Å². The summed E-state index contributed by atoms with van der Waals surface area (Å²) < 4.78 is 6.31. The Morgan fingerprint density at radius 2 is 1.57 bits per heavy atom. The van der Waals surface area contributed by atoms with Crippen molar-refractivity contribution in [3.8, 4) is 5.75 Å². The second-order valence-corrected chi connectivity index (χ2v) is 7.98. The number of hydrogen-bond donors (Lipinski definition) is 2. The van der Waals surface area contributed by atoms with Crippen molar-refractivity contribution >= 4 is 39.5 Å². The van der Waals surface area contributed by atoms with Gasteiger partial charge in [0.25, 0.3) is 0 Å². The third kappa shape index (κ3) is 7.60. The zero-order chi connectivity index (χ0) is 22.1. The van der Waals surface area contributed by atoms with Gasteiger partial charge in [-0.3, -0.25) is 9.80 Å². The molecule has 0 saturated carbocycles. The molecular formula is C21H24BrClN2O5. The number of carboxylic acid groups (broad SMARTS) is 2. The molecule has 1 aliphatic heterocycles. The number of halogens is 2. The lowest BCUT2D eigenvalue weighted by Crippen LogP contribution is -2.45. The largest absolute Gasteiger partial charge is 0.496 e. The second kappa shape index (κ2) is 11.9. The van der Waals surface area contributed by atoms with Crippen LogP contribution in [0.3, 0.4) is 0 Å². The Balaban J connectivity index is 0.000000469. The van der Waals surface area contributed by atoms with Crippen LogP contribution in [-0.2, 0) is 22.7 Å². The minimum atomic E-state index is -1.82. The van der Waals surface area contributed by atoms with E-state index in [-0.39, 0.29) is 0 Å².